The van der Waals surface area contributed by atoms with Gasteiger partial charge in [0.05, 0.1) is 16.8 Å². The van der Waals surface area contributed by atoms with Crippen molar-refractivity contribution in [3.63, 3.8) is 0 Å². The third-order valence-electron chi connectivity index (χ3n) is 6.38. The molecule has 2 saturated heterocycles. The first kappa shape index (κ1) is 20.6. The highest BCUT2D eigenvalue weighted by molar-refractivity contribution is 7.95. The van der Waals surface area contributed by atoms with E-state index >= 15 is 0 Å². The smallest absolute Gasteiger partial charge is 0.215 e. The number of nitrogens with one attached hydrogen (secondary N) is 1. The van der Waals surface area contributed by atoms with Gasteiger partial charge in [-0.05, 0) is 62.9 Å². The van der Waals surface area contributed by atoms with Crippen LogP contribution >= 0.6 is 11.6 Å². The van der Waals surface area contributed by atoms with E-state index in [-0.39, 0.29) is 29.4 Å². The average molecular weight is 447 g/mol. The van der Waals surface area contributed by atoms with E-state index < -0.39 is 25.1 Å². The third kappa shape index (κ3) is 4.56. The number of benzene rings is 1. The first-order valence-corrected chi connectivity index (χ1v) is 13.6. The maximum atomic E-state index is 12.5. The molecule has 1 atom stereocenters. The van der Waals surface area contributed by atoms with Crippen LogP contribution in [0.4, 0.5) is 0 Å². The Morgan fingerprint density at radius 3 is 2.29 bits per heavy atom. The van der Waals surface area contributed by atoms with Crippen LogP contribution in [-0.4, -0.2) is 64.2 Å². The summed E-state index contributed by atoms with van der Waals surface area (Å²) < 4.78 is 51.0. The number of rotatable bonds is 6. The van der Waals surface area contributed by atoms with Gasteiger partial charge in [0.15, 0.2) is 9.84 Å². The average Bonchev–Trinajstić information content (AvgIpc) is 3.31. The van der Waals surface area contributed by atoms with E-state index in [1.807, 2.05) is 12.1 Å². The van der Waals surface area contributed by atoms with Crippen LogP contribution in [0.25, 0.3) is 0 Å². The van der Waals surface area contributed by atoms with Crippen LogP contribution in [0.1, 0.15) is 37.7 Å². The zero-order valence-corrected chi connectivity index (χ0v) is 18.2. The molecule has 1 N–H and O–H groups in total. The molecule has 3 aliphatic rings. The molecule has 0 radical (unpaired) electrons. The van der Waals surface area contributed by atoms with Gasteiger partial charge in [-0.1, -0.05) is 23.7 Å². The van der Waals surface area contributed by atoms with Gasteiger partial charge < -0.3 is 4.90 Å². The quantitative estimate of drug-likeness (QED) is 0.722. The summed E-state index contributed by atoms with van der Waals surface area (Å²) in [6, 6.07) is 8.02. The van der Waals surface area contributed by atoms with Crippen molar-refractivity contribution in [1.82, 2.24) is 9.62 Å². The minimum Gasteiger partial charge on any atom is -0.302 e. The second kappa shape index (κ2) is 7.54. The SMILES string of the molecule is O=S1(=O)CC[C@H](S(=O)(=O)NC2CCN(CC3(c4ccc(Cl)cc4)CC3)CC2)C1. The van der Waals surface area contributed by atoms with Gasteiger partial charge in [-0.15, -0.1) is 0 Å². The summed E-state index contributed by atoms with van der Waals surface area (Å²) >= 11 is 6.01. The van der Waals surface area contributed by atoms with E-state index in [0.717, 1.165) is 37.5 Å². The fourth-order valence-electron chi connectivity index (χ4n) is 4.46. The molecule has 1 saturated carbocycles. The Labute approximate surface area is 172 Å². The molecular weight excluding hydrogens is 420 g/mol. The van der Waals surface area contributed by atoms with Crippen molar-refractivity contribution in [2.45, 2.75) is 48.8 Å². The van der Waals surface area contributed by atoms with Crippen molar-refractivity contribution in [3.8, 4) is 0 Å². The fourth-order valence-corrected chi connectivity index (χ4v) is 8.94. The first-order chi connectivity index (χ1) is 13.2. The van der Waals surface area contributed by atoms with Crippen LogP contribution in [0.5, 0.6) is 0 Å². The Bertz CT molecular complexity index is 919. The molecule has 9 heteroatoms. The second-order valence-electron chi connectivity index (χ2n) is 8.53. The number of halogens is 1. The molecule has 0 spiro atoms. The molecule has 2 heterocycles. The van der Waals surface area contributed by atoms with Crippen LogP contribution < -0.4 is 4.72 Å². The minimum absolute atomic E-state index is 0.0240. The van der Waals surface area contributed by atoms with Crippen molar-refractivity contribution in [2.24, 2.45) is 0 Å². The lowest BCUT2D eigenvalue weighted by Gasteiger charge is -2.35. The second-order valence-corrected chi connectivity index (χ2v) is 13.2. The van der Waals surface area contributed by atoms with Crippen LogP contribution in [0, 0.1) is 0 Å². The Kier molecular flexibility index (Phi) is 5.55. The highest BCUT2D eigenvalue weighted by Gasteiger charge is 2.46. The van der Waals surface area contributed by atoms with Crippen molar-refractivity contribution >= 4 is 31.5 Å². The molecule has 1 aliphatic carbocycles. The minimum atomic E-state index is -3.58. The molecule has 4 rings (SSSR count). The largest absolute Gasteiger partial charge is 0.302 e. The van der Waals surface area contributed by atoms with Gasteiger partial charge >= 0.3 is 0 Å². The number of sulfone groups is 1. The molecule has 0 amide bonds. The molecule has 1 aromatic carbocycles. The van der Waals surface area contributed by atoms with Gasteiger partial charge in [0.25, 0.3) is 0 Å². The Morgan fingerprint density at radius 2 is 1.75 bits per heavy atom. The van der Waals surface area contributed by atoms with Gasteiger partial charge in [0.1, 0.15) is 0 Å². The summed E-state index contributed by atoms with van der Waals surface area (Å²) in [5, 5.41) is -0.0436. The molecule has 3 fully saturated rings. The lowest BCUT2D eigenvalue weighted by atomic mass is 9.94. The zero-order valence-electron chi connectivity index (χ0n) is 15.8. The van der Waals surface area contributed by atoms with Crippen LogP contribution in [-0.2, 0) is 25.3 Å². The van der Waals surface area contributed by atoms with E-state index in [0.29, 0.717) is 0 Å². The van der Waals surface area contributed by atoms with E-state index in [1.165, 1.54) is 18.4 Å². The number of piperidine rings is 1. The molecule has 2 aliphatic heterocycles. The fraction of sp³-hybridized carbons (Fsp3) is 0.684. The topological polar surface area (TPSA) is 83.5 Å². The van der Waals surface area contributed by atoms with Crippen molar-refractivity contribution in [2.75, 3.05) is 31.1 Å². The summed E-state index contributed by atoms with van der Waals surface area (Å²) in [5.74, 6) is -0.269. The predicted molar refractivity (Wildman–Crippen MR) is 111 cm³/mol. The molecule has 0 bridgehead atoms. The number of hydrogen-bond donors (Lipinski definition) is 1. The van der Waals surface area contributed by atoms with E-state index in [2.05, 4.69) is 21.8 Å². The maximum Gasteiger partial charge on any atom is 0.215 e. The molecule has 0 aromatic heterocycles. The highest BCUT2D eigenvalue weighted by atomic mass is 35.5. The van der Waals surface area contributed by atoms with Gasteiger partial charge in [-0.25, -0.2) is 21.6 Å². The normalized spacial score (nSPS) is 27.7. The lowest BCUT2D eigenvalue weighted by Crippen LogP contribution is -2.48. The van der Waals surface area contributed by atoms with Crippen molar-refractivity contribution < 1.29 is 16.8 Å². The van der Waals surface area contributed by atoms with Crippen LogP contribution in [0.2, 0.25) is 5.02 Å². The number of sulfonamides is 1. The maximum absolute atomic E-state index is 12.5. The molecule has 28 heavy (non-hydrogen) atoms. The standard InChI is InChI=1S/C19H27ClN2O4S2/c20-16-3-1-15(2-4-16)19(8-9-19)14-22-10-5-17(6-11-22)21-28(25,26)18-7-12-27(23,24)13-18/h1-4,17-18,21H,5-14H2/t18-/m0/s1. The van der Waals surface area contributed by atoms with E-state index in [1.54, 1.807) is 0 Å². The molecule has 6 nitrogen and oxygen atoms in total. The number of nitrogens with zero attached hydrogens (tertiary/aromatic N) is 1. The third-order valence-corrected chi connectivity index (χ3v) is 10.6. The zero-order chi connectivity index (χ0) is 20.0. The van der Waals surface area contributed by atoms with Gasteiger partial charge in [0.2, 0.25) is 10.0 Å². The number of hydrogen-bond acceptors (Lipinski definition) is 5. The molecule has 156 valence electrons. The summed E-state index contributed by atoms with van der Waals surface area (Å²) in [5.41, 5.74) is 1.55. The van der Waals surface area contributed by atoms with Crippen molar-refractivity contribution in [3.05, 3.63) is 34.9 Å². The van der Waals surface area contributed by atoms with E-state index in [4.69, 9.17) is 11.6 Å². The summed E-state index contributed by atoms with van der Waals surface area (Å²) in [6.07, 6.45) is 4.08. The van der Waals surface area contributed by atoms with Crippen molar-refractivity contribution in [1.29, 1.82) is 0 Å². The van der Waals surface area contributed by atoms with Gasteiger partial charge in [-0.3, -0.25) is 0 Å². The van der Waals surface area contributed by atoms with Gasteiger partial charge in [-0.2, -0.15) is 0 Å². The molecule has 0 unspecified atom stereocenters. The molecule has 1 aromatic rings. The van der Waals surface area contributed by atoms with Crippen LogP contribution in [0.3, 0.4) is 0 Å². The Balaban J connectivity index is 1.30. The van der Waals surface area contributed by atoms with Gasteiger partial charge in [0, 0.05) is 23.0 Å². The predicted octanol–water partition coefficient (Wildman–Crippen LogP) is 1.94. The molecular formula is C19H27ClN2O4S2. The monoisotopic (exact) mass is 446 g/mol. The summed E-state index contributed by atoms with van der Waals surface area (Å²) in [7, 11) is -6.78. The Morgan fingerprint density at radius 1 is 1.11 bits per heavy atom. The lowest BCUT2D eigenvalue weighted by molar-refractivity contribution is 0.191. The summed E-state index contributed by atoms with van der Waals surface area (Å²) in [6.45, 7) is 2.70. The number of likely N-dealkylation sites (tertiary alicyclic amines) is 1. The first-order valence-electron chi connectivity index (χ1n) is 9.88. The Hall–Kier alpha value is -0.670. The summed E-state index contributed by atoms with van der Waals surface area (Å²) in [4.78, 5) is 2.42. The highest BCUT2D eigenvalue weighted by Crippen LogP contribution is 2.49. The van der Waals surface area contributed by atoms with E-state index in [9.17, 15) is 16.8 Å². The van der Waals surface area contributed by atoms with Crippen LogP contribution in [0.15, 0.2) is 24.3 Å².